The fourth-order valence-electron chi connectivity index (χ4n) is 2.43. The minimum Gasteiger partial charge on any atom is -0.398 e. The van der Waals surface area contributed by atoms with Gasteiger partial charge in [0.1, 0.15) is 5.52 Å². The third kappa shape index (κ3) is 1.64. The van der Waals surface area contributed by atoms with Gasteiger partial charge < -0.3 is 15.3 Å². The van der Waals surface area contributed by atoms with Gasteiger partial charge in [-0.15, -0.1) is 0 Å². The Labute approximate surface area is 110 Å². The van der Waals surface area contributed by atoms with Gasteiger partial charge in [-0.1, -0.05) is 12.1 Å². The molecular formula is C15H15N3O. The van der Waals surface area contributed by atoms with Crippen LogP contribution in [0, 0.1) is 6.92 Å². The number of fused-ring (bicyclic) bond motifs is 1. The summed E-state index contributed by atoms with van der Waals surface area (Å²) in [4.78, 5) is 15.0. The van der Waals surface area contributed by atoms with Gasteiger partial charge in [-0.25, -0.2) is 0 Å². The first-order valence-electron chi connectivity index (χ1n) is 6.12. The van der Waals surface area contributed by atoms with E-state index in [2.05, 4.69) is 4.98 Å². The molecule has 1 aromatic carbocycles. The van der Waals surface area contributed by atoms with E-state index in [1.807, 2.05) is 37.4 Å². The Bertz CT molecular complexity index is 827. The largest absolute Gasteiger partial charge is 0.398 e. The molecule has 0 unspecified atom stereocenters. The van der Waals surface area contributed by atoms with Crippen molar-refractivity contribution in [2.24, 2.45) is 7.05 Å². The quantitative estimate of drug-likeness (QED) is 0.654. The molecule has 0 spiro atoms. The van der Waals surface area contributed by atoms with E-state index in [0.29, 0.717) is 5.52 Å². The number of hydrogen-bond acceptors (Lipinski definition) is 2. The van der Waals surface area contributed by atoms with Crippen LogP contribution in [0.25, 0.3) is 22.0 Å². The van der Waals surface area contributed by atoms with E-state index in [1.54, 1.807) is 17.8 Å². The second-order valence-corrected chi connectivity index (χ2v) is 4.74. The first-order chi connectivity index (χ1) is 9.09. The van der Waals surface area contributed by atoms with Crippen molar-refractivity contribution in [1.29, 1.82) is 0 Å². The van der Waals surface area contributed by atoms with Gasteiger partial charge in [0.15, 0.2) is 0 Å². The van der Waals surface area contributed by atoms with Crippen molar-refractivity contribution in [2.45, 2.75) is 6.92 Å². The van der Waals surface area contributed by atoms with E-state index < -0.39 is 0 Å². The summed E-state index contributed by atoms with van der Waals surface area (Å²) in [5, 5.41) is 0.928. The predicted octanol–water partition coefficient (Wildman–Crippen LogP) is 2.42. The predicted molar refractivity (Wildman–Crippen MR) is 78.1 cm³/mol. The monoisotopic (exact) mass is 253 g/mol. The maximum atomic E-state index is 12.0. The molecule has 4 nitrogen and oxygen atoms in total. The molecule has 3 aromatic rings. The van der Waals surface area contributed by atoms with Crippen molar-refractivity contribution in [3.05, 3.63) is 52.6 Å². The average molecular weight is 253 g/mol. The molecule has 4 heteroatoms. The highest BCUT2D eigenvalue weighted by Crippen LogP contribution is 2.31. The molecule has 0 aliphatic rings. The molecule has 0 fully saturated rings. The summed E-state index contributed by atoms with van der Waals surface area (Å²) in [5.74, 6) is 0. The van der Waals surface area contributed by atoms with Crippen LogP contribution in [0.3, 0.4) is 0 Å². The number of nitrogens with two attached hydrogens (primary N) is 1. The lowest BCUT2D eigenvalue weighted by molar-refractivity contribution is 0.872. The van der Waals surface area contributed by atoms with Crippen molar-refractivity contribution in [1.82, 2.24) is 9.55 Å². The highest BCUT2D eigenvalue weighted by Gasteiger charge is 2.12. The first kappa shape index (κ1) is 11.6. The maximum absolute atomic E-state index is 12.0. The van der Waals surface area contributed by atoms with Crippen LogP contribution in [0.4, 0.5) is 5.69 Å². The number of nitrogens with zero attached hydrogens (tertiary/aromatic N) is 1. The number of aromatic amines is 1. The molecule has 0 saturated carbocycles. The number of aryl methyl sites for hydroxylation is 1. The summed E-state index contributed by atoms with van der Waals surface area (Å²) in [6.45, 7) is 1.99. The number of rotatable bonds is 1. The lowest BCUT2D eigenvalue weighted by Gasteiger charge is -2.11. The number of pyridine rings is 1. The molecule has 0 bridgehead atoms. The number of benzene rings is 1. The van der Waals surface area contributed by atoms with Gasteiger partial charge in [-0.2, -0.15) is 0 Å². The average Bonchev–Trinajstić information content (AvgIpc) is 2.87. The van der Waals surface area contributed by atoms with Gasteiger partial charge in [-0.3, -0.25) is 4.79 Å². The van der Waals surface area contributed by atoms with Crippen LogP contribution in [-0.2, 0) is 7.05 Å². The number of nitrogen functional groups attached to an aromatic ring is 1. The van der Waals surface area contributed by atoms with Crippen molar-refractivity contribution in [3.63, 3.8) is 0 Å². The molecule has 2 heterocycles. The number of nitrogens with one attached hydrogen (secondary N) is 1. The third-order valence-electron chi connectivity index (χ3n) is 3.56. The number of aromatic nitrogens is 2. The lowest BCUT2D eigenvalue weighted by Crippen LogP contribution is -2.16. The topological polar surface area (TPSA) is 63.8 Å². The van der Waals surface area contributed by atoms with Gasteiger partial charge in [0.2, 0.25) is 0 Å². The number of anilines is 1. The molecule has 0 aliphatic carbocycles. The summed E-state index contributed by atoms with van der Waals surface area (Å²) >= 11 is 0. The minimum absolute atomic E-state index is 0.0229. The van der Waals surface area contributed by atoms with Gasteiger partial charge in [0.25, 0.3) is 5.56 Å². The summed E-state index contributed by atoms with van der Waals surface area (Å²) in [5.41, 5.74) is 10.4. The van der Waals surface area contributed by atoms with Crippen LogP contribution in [0.5, 0.6) is 0 Å². The molecule has 0 amide bonds. The van der Waals surface area contributed by atoms with Crippen molar-refractivity contribution < 1.29 is 0 Å². The fraction of sp³-hybridized carbons (Fsp3) is 0.133. The fourth-order valence-corrected chi connectivity index (χ4v) is 2.43. The van der Waals surface area contributed by atoms with Crippen molar-refractivity contribution >= 4 is 16.6 Å². The molecule has 19 heavy (non-hydrogen) atoms. The van der Waals surface area contributed by atoms with Crippen LogP contribution in [0.2, 0.25) is 0 Å². The Balaban J connectivity index is 2.43. The van der Waals surface area contributed by atoms with Crippen LogP contribution in [-0.4, -0.2) is 9.55 Å². The highest BCUT2D eigenvalue weighted by atomic mass is 16.1. The Morgan fingerprint density at radius 1 is 1.21 bits per heavy atom. The Kier molecular flexibility index (Phi) is 2.45. The standard InChI is InChI=1S/C15H15N3O/c1-9-10(4-3-5-13(9)16)12-8-18(2)15(19)14-11(12)6-7-17-14/h3-8,17H,16H2,1-2H3. The highest BCUT2D eigenvalue weighted by molar-refractivity contribution is 5.95. The van der Waals surface area contributed by atoms with Gasteiger partial charge in [0, 0.05) is 36.1 Å². The second kappa shape index (κ2) is 4.02. The van der Waals surface area contributed by atoms with E-state index in [4.69, 9.17) is 5.73 Å². The Hall–Kier alpha value is -2.49. The summed E-state index contributed by atoms with van der Waals surface area (Å²) < 4.78 is 1.59. The van der Waals surface area contributed by atoms with Crippen LogP contribution >= 0.6 is 0 Å². The Morgan fingerprint density at radius 2 is 2.00 bits per heavy atom. The van der Waals surface area contributed by atoms with Crippen molar-refractivity contribution in [2.75, 3.05) is 5.73 Å². The van der Waals surface area contributed by atoms with Gasteiger partial charge in [-0.05, 0) is 30.2 Å². The minimum atomic E-state index is -0.0229. The van der Waals surface area contributed by atoms with Crippen LogP contribution in [0.15, 0.2) is 41.5 Å². The lowest BCUT2D eigenvalue weighted by atomic mass is 9.98. The van der Waals surface area contributed by atoms with Gasteiger partial charge >= 0.3 is 0 Å². The molecule has 0 radical (unpaired) electrons. The van der Waals surface area contributed by atoms with Crippen molar-refractivity contribution in [3.8, 4) is 11.1 Å². The molecule has 2 aromatic heterocycles. The molecule has 3 N–H and O–H groups in total. The SMILES string of the molecule is Cc1c(N)cccc1-c1cn(C)c(=O)c2[nH]ccc12. The zero-order chi connectivity index (χ0) is 13.6. The van der Waals surface area contributed by atoms with E-state index in [9.17, 15) is 4.79 Å². The third-order valence-corrected chi connectivity index (χ3v) is 3.56. The van der Waals surface area contributed by atoms with Gasteiger partial charge in [0.05, 0.1) is 0 Å². The Morgan fingerprint density at radius 3 is 2.79 bits per heavy atom. The summed E-state index contributed by atoms with van der Waals surface area (Å²) in [6.07, 6.45) is 3.65. The molecule has 0 atom stereocenters. The first-order valence-corrected chi connectivity index (χ1v) is 6.12. The van der Waals surface area contributed by atoms with E-state index >= 15 is 0 Å². The smallest absolute Gasteiger partial charge is 0.274 e. The van der Waals surface area contributed by atoms with E-state index in [-0.39, 0.29) is 5.56 Å². The number of hydrogen-bond donors (Lipinski definition) is 2. The van der Waals surface area contributed by atoms with E-state index in [1.165, 1.54) is 0 Å². The molecule has 3 rings (SSSR count). The van der Waals surface area contributed by atoms with Crippen LogP contribution in [0.1, 0.15) is 5.56 Å². The zero-order valence-electron chi connectivity index (χ0n) is 10.9. The molecule has 0 saturated heterocycles. The van der Waals surface area contributed by atoms with E-state index in [0.717, 1.165) is 27.8 Å². The molecule has 0 aliphatic heterocycles. The normalized spacial score (nSPS) is 11.1. The molecule has 96 valence electrons. The zero-order valence-corrected chi connectivity index (χ0v) is 10.9. The van der Waals surface area contributed by atoms with Crippen LogP contribution < -0.4 is 11.3 Å². The summed E-state index contributed by atoms with van der Waals surface area (Å²) in [6, 6.07) is 7.77. The molecular weight excluding hydrogens is 238 g/mol. The summed E-state index contributed by atoms with van der Waals surface area (Å²) in [7, 11) is 1.76. The number of H-pyrrole nitrogens is 1. The maximum Gasteiger partial charge on any atom is 0.274 e. The second-order valence-electron chi connectivity index (χ2n) is 4.74.